The van der Waals surface area contributed by atoms with Gasteiger partial charge in [0.15, 0.2) is 0 Å². The van der Waals surface area contributed by atoms with Crippen molar-refractivity contribution in [3.8, 4) is 5.75 Å². The van der Waals surface area contributed by atoms with Crippen LogP contribution in [0.1, 0.15) is 19.3 Å². The first kappa shape index (κ1) is 15.0. The third-order valence-electron chi connectivity index (χ3n) is 2.48. The summed E-state index contributed by atoms with van der Waals surface area (Å²) in [6.07, 6.45) is 1.64. The first-order valence-corrected chi connectivity index (χ1v) is 7.95. The molecule has 5 heteroatoms. The smallest absolute Gasteiger partial charge is 0.150 e. The Morgan fingerprint density at radius 1 is 1.00 bits per heavy atom. The Hall–Kier alpha value is -1.07. The van der Waals surface area contributed by atoms with Crippen molar-refractivity contribution >= 4 is 9.84 Å². The van der Waals surface area contributed by atoms with Crippen molar-refractivity contribution in [1.29, 1.82) is 0 Å². The number of benzene rings is 1. The quantitative estimate of drug-likeness (QED) is 0.694. The SMILES string of the molecule is O=S(=O)(CCCO)CCCCOc1ccccc1. The van der Waals surface area contributed by atoms with Crippen LogP contribution >= 0.6 is 0 Å². The lowest BCUT2D eigenvalue weighted by molar-refractivity contribution is 0.295. The number of ether oxygens (including phenoxy) is 1. The number of hydrogen-bond acceptors (Lipinski definition) is 4. The summed E-state index contributed by atoms with van der Waals surface area (Å²) in [7, 11) is -3.00. The molecule has 1 rings (SSSR count). The third-order valence-corrected chi connectivity index (χ3v) is 4.30. The summed E-state index contributed by atoms with van der Waals surface area (Å²) in [6, 6.07) is 9.46. The fourth-order valence-electron chi connectivity index (χ4n) is 1.52. The van der Waals surface area contributed by atoms with Crippen LogP contribution in [0, 0.1) is 0 Å². The van der Waals surface area contributed by atoms with Crippen LogP contribution in [-0.2, 0) is 9.84 Å². The highest BCUT2D eigenvalue weighted by atomic mass is 32.2. The summed E-state index contributed by atoms with van der Waals surface area (Å²) >= 11 is 0. The summed E-state index contributed by atoms with van der Waals surface area (Å²) in [5.41, 5.74) is 0. The van der Waals surface area contributed by atoms with Crippen LogP contribution in [-0.4, -0.2) is 38.2 Å². The van der Waals surface area contributed by atoms with Crippen molar-refractivity contribution in [2.75, 3.05) is 24.7 Å². The van der Waals surface area contributed by atoms with Gasteiger partial charge in [0.1, 0.15) is 15.6 Å². The van der Waals surface area contributed by atoms with E-state index in [-0.39, 0.29) is 18.1 Å². The molecule has 1 aromatic rings. The highest BCUT2D eigenvalue weighted by Crippen LogP contribution is 2.09. The second-order valence-corrected chi connectivity index (χ2v) is 6.40. The lowest BCUT2D eigenvalue weighted by atomic mass is 10.3. The Morgan fingerprint density at radius 2 is 1.67 bits per heavy atom. The molecule has 0 amide bonds. The highest BCUT2D eigenvalue weighted by molar-refractivity contribution is 7.91. The number of rotatable bonds is 9. The minimum absolute atomic E-state index is 0.0725. The Morgan fingerprint density at radius 3 is 2.33 bits per heavy atom. The Bertz CT molecular complexity index is 414. The lowest BCUT2D eigenvalue weighted by Gasteiger charge is -2.06. The molecule has 0 spiro atoms. The molecule has 0 heterocycles. The zero-order valence-electron chi connectivity index (χ0n) is 10.4. The lowest BCUT2D eigenvalue weighted by Crippen LogP contribution is -2.13. The van der Waals surface area contributed by atoms with Crippen molar-refractivity contribution in [2.45, 2.75) is 19.3 Å². The molecule has 4 nitrogen and oxygen atoms in total. The topological polar surface area (TPSA) is 63.6 Å². The van der Waals surface area contributed by atoms with Gasteiger partial charge in [-0.15, -0.1) is 0 Å². The second kappa shape index (κ2) is 8.11. The maximum atomic E-state index is 11.5. The van der Waals surface area contributed by atoms with E-state index >= 15 is 0 Å². The molecule has 102 valence electrons. The van der Waals surface area contributed by atoms with Crippen molar-refractivity contribution in [3.63, 3.8) is 0 Å². The fraction of sp³-hybridized carbons (Fsp3) is 0.538. The molecule has 1 aromatic carbocycles. The normalized spacial score (nSPS) is 11.4. The van der Waals surface area contributed by atoms with Gasteiger partial charge >= 0.3 is 0 Å². The largest absolute Gasteiger partial charge is 0.494 e. The van der Waals surface area contributed by atoms with E-state index in [9.17, 15) is 8.42 Å². The Labute approximate surface area is 109 Å². The Kier molecular flexibility index (Phi) is 6.75. The number of hydrogen-bond donors (Lipinski definition) is 1. The number of aliphatic hydroxyl groups is 1. The molecule has 0 saturated carbocycles. The number of unbranched alkanes of at least 4 members (excludes halogenated alkanes) is 1. The van der Waals surface area contributed by atoms with E-state index in [2.05, 4.69) is 0 Å². The van der Waals surface area contributed by atoms with E-state index in [4.69, 9.17) is 9.84 Å². The van der Waals surface area contributed by atoms with Crippen LogP contribution in [0.3, 0.4) is 0 Å². The average Bonchev–Trinajstić information content (AvgIpc) is 2.37. The predicted octanol–water partition coefficient (Wildman–Crippen LogP) is 1.64. The highest BCUT2D eigenvalue weighted by Gasteiger charge is 2.09. The molecule has 0 atom stereocenters. The van der Waals surface area contributed by atoms with Crippen LogP contribution < -0.4 is 4.74 Å². The van der Waals surface area contributed by atoms with E-state index in [1.807, 2.05) is 30.3 Å². The molecular weight excluding hydrogens is 252 g/mol. The molecule has 0 aliphatic rings. The van der Waals surface area contributed by atoms with Crippen molar-refractivity contribution in [3.05, 3.63) is 30.3 Å². The molecule has 0 bridgehead atoms. The molecule has 18 heavy (non-hydrogen) atoms. The maximum absolute atomic E-state index is 11.5. The van der Waals surface area contributed by atoms with Crippen LogP contribution in [0.2, 0.25) is 0 Å². The summed E-state index contributed by atoms with van der Waals surface area (Å²) in [6.45, 7) is 0.454. The minimum Gasteiger partial charge on any atom is -0.494 e. The zero-order valence-corrected chi connectivity index (χ0v) is 11.2. The van der Waals surface area contributed by atoms with E-state index in [0.717, 1.165) is 5.75 Å². The first-order valence-electron chi connectivity index (χ1n) is 6.13. The van der Waals surface area contributed by atoms with Gasteiger partial charge in [-0.1, -0.05) is 18.2 Å². The monoisotopic (exact) mass is 272 g/mol. The third kappa shape index (κ3) is 6.61. The summed E-state index contributed by atoms with van der Waals surface area (Å²) in [4.78, 5) is 0. The van der Waals surface area contributed by atoms with Crippen LogP contribution in [0.5, 0.6) is 5.75 Å². The average molecular weight is 272 g/mol. The summed E-state index contributed by atoms with van der Waals surface area (Å²) < 4.78 is 28.4. The van der Waals surface area contributed by atoms with Gasteiger partial charge in [-0.2, -0.15) is 0 Å². The standard InChI is InChI=1S/C13H20O4S/c14-9-6-12-18(15,16)11-5-4-10-17-13-7-2-1-3-8-13/h1-3,7-8,14H,4-6,9-12H2. The van der Waals surface area contributed by atoms with Gasteiger partial charge in [0.2, 0.25) is 0 Å². The molecular formula is C13H20O4S. The van der Waals surface area contributed by atoms with E-state index in [1.165, 1.54) is 0 Å². The number of para-hydroxylation sites is 1. The van der Waals surface area contributed by atoms with Crippen LogP contribution in [0.15, 0.2) is 30.3 Å². The van der Waals surface area contributed by atoms with Gasteiger partial charge in [-0.3, -0.25) is 0 Å². The predicted molar refractivity (Wildman–Crippen MR) is 71.5 cm³/mol. The van der Waals surface area contributed by atoms with Gasteiger partial charge in [-0.25, -0.2) is 8.42 Å². The second-order valence-electron chi connectivity index (χ2n) is 4.10. The minimum atomic E-state index is -3.00. The molecule has 0 aromatic heterocycles. The van der Waals surface area contributed by atoms with Crippen molar-refractivity contribution in [1.82, 2.24) is 0 Å². The molecule has 0 unspecified atom stereocenters. The molecule has 0 saturated heterocycles. The van der Waals surface area contributed by atoms with E-state index < -0.39 is 9.84 Å². The van der Waals surface area contributed by atoms with Gasteiger partial charge in [0.05, 0.1) is 18.1 Å². The molecule has 0 aliphatic heterocycles. The summed E-state index contributed by atoms with van der Waals surface area (Å²) in [5, 5.41) is 8.58. The van der Waals surface area contributed by atoms with Crippen molar-refractivity contribution < 1.29 is 18.3 Å². The van der Waals surface area contributed by atoms with Gasteiger partial charge in [-0.05, 0) is 31.4 Å². The van der Waals surface area contributed by atoms with Crippen LogP contribution in [0.25, 0.3) is 0 Å². The number of sulfone groups is 1. The first-order chi connectivity index (χ1) is 8.64. The Balaban J connectivity index is 2.12. The van der Waals surface area contributed by atoms with Crippen molar-refractivity contribution in [2.24, 2.45) is 0 Å². The maximum Gasteiger partial charge on any atom is 0.150 e. The van der Waals surface area contributed by atoms with E-state index in [1.54, 1.807) is 0 Å². The molecule has 0 fully saturated rings. The van der Waals surface area contributed by atoms with Crippen LogP contribution in [0.4, 0.5) is 0 Å². The van der Waals surface area contributed by atoms with E-state index in [0.29, 0.717) is 25.9 Å². The van der Waals surface area contributed by atoms with Gasteiger partial charge in [0.25, 0.3) is 0 Å². The van der Waals surface area contributed by atoms with Gasteiger partial charge in [0, 0.05) is 6.61 Å². The summed E-state index contributed by atoms with van der Waals surface area (Å²) in [5.74, 6) is 1.05. The molecule has 0 radical (unpaired) electrons. The fourth-order valence-corrected chi connectivity index (χ4v) is 2.93. The zero-order chi connectivity index (χ0) is 13.3. The van der Waals surface area contributed by atoms with Gasteiger partial charge < -0.3 is 9.84 Å². The number of aliphatic hydroxyl groups excluding tert-OH is 1. The molecule has 1 N–H and O–H groups in total. The molecule has 0 aliphatic carbocycles.